The number of aromatic nitrogens is 8. The molecule has 226 valence electrons. The molecule has 0 atom stereocenters. The molecule has 0 spiro atoms. The van der Waals surface area contributed by atoms with Gasteiger partial charge in [0.2, 0.25) is 11.8 Å². The Hall–Kier alpha value is -4.94. The van der Waals surface area contributed by atoms with E-state index < -0.39 is 11.9 Å². The number of imidazole rings is 1. The second kappa shape index (κ2) is 12.0. The van der Waals surface area contributed by atoms with Crippen LogP contribution in [0, 0.1) is 0 Å². The maximum Gasteiger partial charge on any atom is 0.434 e. The van der Waals surface area contributed by atoms with Gasteiger partial charge in [0.1, 0.15) is 24.0 Å². The summed E-state index contributed by atoms with van der Waals surface area (Å²) in [6.07, 6.45) is 5.00. The maximum absolute atomic E-state index is 13.4. The van der Waals surface area contributed by atoms with E-state index in [9.17, 15) is 13.2 Å². The van der Waals surface area contributed by atoms with Gasteiger partial charge in [0, 0.05) is 49.2 Å². The van der Waals surface area contributed by atoms with Crippen LogP contribution in [0.5, 0.6) is 5.88 Å². The molecule has 6 rings (SSSR count). The molecular weight excluding hydrogens is 571 g/mol. The molecule has 0 N–H and O–H groups in total. The van der Waals surface area contributed by atoms with Gasteiger partial charge in [-0.25, -0.2) is 24.9 Å². The van der Waals surface area contributed by atoms with Crippen molar-refractivity contribution in [1.29, 1.82) is 0 Å². The highest BCUT2D eigenvalue weighted by Crippen LogP contribution is 2.45. The first-order valence-electron chi connectivity index (χ1n) is 14.2. The van der Waals surface area contributed by atoms with Crippen molar-refractivity contribution in [3.8, 4) is 28.7 Å². The van der Waals surface area contributed by atoms with Crippen LogP contribution < -0.4 is 9.64 Å². The monoisotopic (exact) mass is 601 g/mol. The largest absolute Gasteiger partial charge is 0.480 e. The Kier molecular flexibility index (Phi) is 7.93. The Morgan fingerprint density at radius 3 is 2.23 bits per heavy atom. The molecule has 1 aliphatic rings. The molecule has 0 radical (unpaired) electrons. The Balaban J connectivity index is 1.34. The highest BCUT2D eigenvalue weighted by atomic mass is 19.4. The Morgan fingerprint density at radius 1 is 0.909 bits per heavy atom. The molecule has 4 aromatic heterocycles. The summed E-state index contributed by atoms with van der Waals surface area (Å²) in [5, 5.41) is 0. The first-order chi connectivity index (χ1) is 21.2. The number of anilines is 1. The second-order valence-electron chi connectivity index (χ2n) is 10.9. The lowest BCUT2D eigenvalue weighted by molar-refractivity contribution is -0.140. The highest BCUT2D eigenvalue weighted by molar-refractivity contribution is 5.66. The maximum atomic E-state index is 13.4. The summed E-state index contributed by atoms with van der Waals surface area (Å²) in [5.41, 5.74) is 3.10. The van der Waals surface area contributed by atoms with Crippen molar-refractivity contribution < 1.29 is 17.9 Å². The third-order valence-corrected chi connectivity index (χ3v) is 7.35. The summed E-state index contributed by atoms with van der Waals surface area (Å²) >= 11 is 0. The second-order valence-corrected chi connectivity index (χ2v) is 10.9. The number of methoxy groups -OCH3 is 1. The summed E-state index contributed by atoms with van der Waals surface area (Å²) in [7, 11) is 1.56. The normalized spacial score (nSPS) is 13.3. The van der Waals surface area contributed by atoms with Crippen molar-refractivity contribution >= 4 is 5.95 Å². The molecule has 1 aliphatic carbocycles. The number of hydrogen-bond acceptors (Lipinski definition) is 9. The summed E-state index contributed by atoms with van der Waals surface area (Å²) in [6.45, 7) is 4.53. The Bertz CT molecular complexity index is 1740. The molecule has 0 amide bonds. The van der Waals surface area contributed by atoms with Gasteiger partial charge in [-0.15, -0.1) is 0 Å². The first-order valence-corrected chi connectivity index (χ1v) is 14.2. The average Bonchev–Trinajstić information content (AvgIpc) is 3.77. The van der Waals surface area contributed by atoms with E-state index >= 15 is 0 Å². The van der Waals surface area contributed by atoms with Crippen LogP contribution in [0.25, 0.3) is 22.8 Å². The number of alkyl halides is 3. The van der Waals surface area contributed by atoms with Gasteiger partial charge in [-0.3, -0.25) is 4.98 Å². The summed E-state index contributed by atoms with van der Waals surface area (Å²) < 4.78 is 47.4. The van der Waals surface area contributed by atoms with Gasteiger partial charge in [-0.1, -0.05) is 24.3 Å². The van der Waals surface area contributed by atoms with E-state index in [1.54, 1.807) is 31.6 Å². The summed E-state index contributed by atoms with van der Waals surface area (Å²) in [4.78, 5) is 32.7. The zero-order valence-electron chi connectivity index (χ0n) is 24.4. The van der Waals surface area contributed by atoms with Crippen LogP contribution >= 0.6 is 0 Å². The number of ether oxygens (including phenoxy) is 1. The predicted octanol–water partition coefficient (Wildman–Crippen LogP) is 6.28. The van der Waals surface area contributed by atoms with E-state index in [0.29, 0.717) is 47.8 Å². The number of pyridine rings is 1. The number of benzene rings is 1. The molecule has 10 nitrogen and oxygen atoms in total. The van der Waals surface area contributed by atoms with Crippen molar-refractivity contribution in [2.45, 2.75) is 57.9 Å². The third-order valence-electron chi connectivity index (χ3n) is 7.35. The average molecular weight is 602 g/mol. The molecule has 1 saturated carbocycles. The molecule has 0 bridgehead atoms. The lowest BCUT2D eigenvalue weighted by atomic mass is 10.1. The van der Waals surface area contributed by atoms with E-state index in [2.05, 4.69) is 29.9 Å². The van der Waals surface area contributed by atoms with Crippen LogP contribution in [0.1, 0.15) is 61.2 Å². The van der Waals surface area contributed by atoms with Gasteiger partial charge in [0.05, 0.1) is 12.8 Å². The zero-order chi connectivity index (χ0) is 30.8. The van der Waals surface area contributed by atoms with Crippen molar-refractivity contribution in [3.05, 3.63) is 90.2 Å². The molecule has 0 aliphatic heterocycles. The number of rotatable bonds is 10. The van der Waals surface area contributed by atoms with Crippen LogP contribution in [0.4, 0.5) is 19.1 Å². The fourth-order valence-electron chi connectivity index (χ4n) is 5.00. The quantitative estimate of drug-likeness (QED) is 0.183. The molecule has 44 heavy (non-hydrogen) atoms. The van der Waals surface area contributed by atoms with Crippen LogP contribution in [0.2, 0.25) is 0 Å². The van der Waals surface area contributed by atoms with Crippen LogP contribution in [0.15, 0.2) is 67.6 Å². The highest BCUT2D eigenvalue weighted by Gasteiger charge is 2.35. The lowest BCUT2D eigenvalue weighted by Gasteiger charge is -2.23. The van der Waals surface area contributed by atoms with Gasteiger partial charge >= 0.3 is 6.18 Å². The van der Waals surface area contributed by atoms with Gasteiger partial charge < -0.3 is 14.2 Å². The molecule has 4 heterocycles. The summed E-state index contributed by atoms with van der Waals surface area (Å²) in [6, 6.07) is 11.0. The number of hydrogen-bond donors (Lipinski definition) is 0. The molecule has 1 fully saturated rings. The Labute approximate surface area is 252 Å². The SMILES string of the molecule is COc1ncnc(C2CC2)c1-c1ncnc(N(Cc2ccncc2)Cc2ccc(-c3nc(C(F)(F)F)cn3C(C)C)cc2)n1. The van der Waals surface area contributed by atoms with Crippen molar-refractivity contribution in [2.24, 2.45) is 0 Å². The minimum atomic E-state index is -4.53. The Morgan fingerprint density at radius 2 is 1.59 bits per heavy atom. The fraction of sp³-hybridized carbons (Fsp3) is 0.323. The molecule has 5 aromatic rings. The minimum absolute atomic E-state index is 0.198. The van der Waals surface area contributed by atoms with Gasteiger partial charge in [-0.2, -0.15) is 18.2 Å². The van der Waals surface area contributed by atoms with Crippen LogP contribution in [0.3, 0.4) is 0 Å². The third kappa shape index (κ3) is 6.21. The molecule has 0 saturated heterocycles. The minimum Gasteiger partial charge on any atom is -0.480 e. The molecule has 13 heteroatoms. The van der Waals surface area contributed by atoms with Crippen molar-refractivity contribution in [1.82, 2.24) is 39.5 Å². The smallest absolute Gasteiger partial charge is 0.434 e. The van der Waals surface area contributed by atoms with E-state index in [1.807, 2.05) is 43.0 Å². The van der Waals surface area contributed by atoms with Gasteiger partial charge in [0.25, 0.3) is 0 Å². The van der Waals surface area contributed by atoms with E-state index in [-0.39, 0.29) is 11.9 Å². The van der Waals surface area contributed by atoms with E-state index in [0.717, 1.165) is 35.9 Å². The molecule has 1 aromatic carbocycles. The van der Waals surface area contributed by atoms with Gasteiger partial charge in [0.15, 0.2) is 11.5 Å². The van der Waals surface area contributed by atoms with Gasteiger partial charge in [-0.05, 0) is 49.9 Å². The van der Waals surface area contributed by atoms with Crippen molar-refractivity contribution in [3.63, 3.8) is 0 Å². The topological polar surface area (TPSA) is 108 Å². The lowest BCUT2D eigenvalue weighted by Crippen LogP contribution is -2.24. The molecular formula is C31H30F3N9O. The van der Waals surface area contributed by atoms with Crippen LogP contribution in [-0.2, 0) is 19.3 Å². The van der Waals surface area contributed by atoms with E-state index in [1.165, 1.54) is 17.2 Å². The fourth-order valence-corrected chi connectivity index (χ4v) is 5.00. The summed E-state index contributed by atoms with van der Waals surface area (Å²) in [5.74, 6) is 1.84. The number of halogens is 3. The molecule has 0 unspecified atom stereocenters. The predicted molar refractivity (Wildman–Crippen MR) is 157 cm³/mol. The van der Waals surface area contributed by atoms with E-state index in [4.69, 9.17) is 9.72 Å². The standard InChI is InChI=1S/C31H30F3N9O/c1-19(2)43-16-24(31(32,33)34)40-28(43)23-6-4-20(5-7-23)14-42(15-21-10-12-35-13-11-21)30-39-18-37-27(41-30)25-26(22-8-9-22)36-17-38-29(25)44-3/h4-7,10-13,16-19,22H,8-9,14-15H2,1-3H3. The number of nitrogens with zero attached hydrogens (tertiary/aromatic N) is 9. The zero-order valence-corrected chi connectivity index (χ0v) is 24.4. The first kappa shape index (κ1) is 29.1. The van der Waals surface area contributed by atoms with Crippen LogP contribution in [-0.4, -0.2) is 46.6 Å². The van der Waals surface area contributed by atoms with Crippen molar-refractivity contribution in [2.75, 3.05) is 12.0 Å².